The molecule has 1 unspecified atom stereocenters. The van der Waals surface area contributed by atoms with Crippen molar-refractivity contribution in [3.63, 3.8) is 0 Å². The Labute approximate surface area is 205 Å². The Morgan fingerprint density at radius 2 is 1.58 bits per heavy atom. The van der Waals surface area contributed by atoms with Gasteiger partial charge in [-0.3, -0.25) is 14.3 Å². The predicted molar refractivity (Wildman–Crippen MR) is 121 cm³/mol. The normalized spacial score (nSPS) is 21.1. The van der Waals surface area contributed by atoms with E-state index in [1.807, 2.05) is 4.68 Å². The summed E-state index contributed by atoms with van der Waals surface area (Å²) in [6.45, 7) is 1.20. The number of hydrogen-bond acceptors (Lipinski definition) is 4. The third-order valence-electron chi connectivity index (χ3n) is 7.49. The molecule has 0 bridgehead atoms. The zero-order chi connectivity index (χ0) is 25.6. The first-order chi connectivity index (χ1) is 17.1. The van der Waals surface area contributed by atoms with Crippen LogP contribution in [-0.2, 0) is 15.8 Å². The highest BCUT2D eigenvalue weighted by atomic mass is 19.4. The smallest absolute Gasteiger partial charge is 0.416 e. The Morgan fingerprint density at radius 1 is 0.917 bits per heavy atom. The topological polar surface area (TPSA) is 95.7 Å². The van der Waals surface area contributed by atoms with Crippen LogP contribution in [0.25, 0.3) is 0 Å². The molecule has 2 amide bonds. The number of alkyl halides is 3. The Balaban J connectivity index is 1.32. The number of nitrogens with zero attached hydrogens (tertiary/aromatic N) is 4. The van der Waals surface area contributed by atoms with Gasteiger partial charge in [0.05, 0.1) is 29.1 Å². The lowest BCUT2D eigenvalue weighted by Gasteiger charge is -2.32. The van der Waals surface area contributed by atoms with Gasteiger partial charge in [-0.15, -0.1) is 0 Å². The standard InChI is InChI=1S/C25H27F3N4O4/c26-25(27,28)20-4-2-1-3-18(20)16-7-10-31(14-16)22(33)19-13-29-32(21(19)15-5-6-15)17-8-11-30(12-9-17)23(34)24(35)36/h1-4,13,15-17H,5-12,14H2,(H,35,36). The van der Waals surface area contributed by atoms with Crippen LogP contribution < -0.4 is 0 Å². The molecule has 1 saturated carbocycles. The predicted octanol–water partition coefficient (Wildman–Crippen LogP) is 3.66. The number of benzene rings is 1. The van der Waals surface area contributed by atoms with E-state index in [1.54, 1.807) is 17.2 Å². The van der Waals surface area contributed by atoms with Crippen LogP contribution in [0, 0.1) is 0 Å². The monoisotopic (exact) mass is 504 g/mol. The minimum atomic E-state index is -4.45. The third-order valence-corrected chi connectivity index (χ3v) is 7.49. The van der Waals surface area contributed by atoms with E-state index in [2.05, 4.69) is 5.10 Å². The summed E-state index contributed by atoms with van der Waals surface area (Å²) in [4.78, 5) is 39.2. The number of hydrogen-bond donors (Lipinski definition) is 1. The van der Waals surface area contributed by atoms with Crippen molar-refractivity contribution in [3.8, 4) is 0 Å². The van der Waals surface area contributed by atoms with Crippen LogP contribution in [-0.4, -0.2) is 68.6 Å². The molecule has 11 heteroatoms. The highest BCUT2D eigenvalue weighted by Gasteiger charge is 2.40. The highest BCUT2D eigenvalue weighted by molar-refractivity contribution is 6.31. The highest BCUT2D eigenvalue weighted by Crippen LogP contribution is 2.44. The molecule has 3 heterocycles. The van der Waals surface area contributed by atoms with E-state index in [1.165, 1.54) is 17.0 Å². The number of carboxylic acids is 1. The summed E-state index contributed by atoms with van der Waals surface area (Å²) >= 11 is 0. The Hall–Kier alpha value is -3.37. The largest absolute Gasteiger partial charge is 0.474 e. The van der Waals surface area contributed by atoms with Crippen LogP contribution in [0.2, 0.25) is 0 Å². The number of carboxylic acid groups (broad SMARTS) is 1. The molecule has 3 aliphatic rings. The van der Waals surface area contributed by atoms with Gasteiger partial charge < -0.3 is 14.9 Å². The lowest BCUT2D eigenvalue weighted by Crippen LogP contribution is -2.42. The van der Waals surface area contributed by atoms with Gasteiger partial charge in [0, 0.05) is 38.0 Å². The van der Waals surface area contributed by atoms with Gasteiger partial charge in [0.15, 0.2) is 0 Å². The molecule has 36 heavy (non-hydrogen) atoms. The average molecular weight is 505 g/mol. The molecule has 1 aromatic heterocycles. The van der Waals surface area contributed by atoms with Gasteiger partial charge in [-0.1, -0.05) is 18.2 Å². The minimum Gasteiger partial charge on any atom is -0.474 e. The van der Waals surface area contributed by atoms with Gasteiger partial charge in [-0.25, -0.2) is 4.79 Å². The molecule has 1 N–H and O–H groups in total. The average Bonchev–Trinajstić information content (AvgIpc) is 3.40. The zero-order valence-electron chi connectivity index (χ0n) is 19.6. The molecule has 1 aromatic carbocycles. The Kier molecular flexibility index (Phi) is 6.25. The van der Waals surface area contributed by atoms with Crippen LogP contribution in [0.15, 0.2) is 30.5 Å². The van der Waals surface area contributed by atoms with E-state index in [-0.39, 0.29) is 35.9 Å². The van der Waals surface area contributed by atoms with Gasteiger partial charge in [0.1, 0.15) is 0 Å². The number of rotatable bonds is 4. The van der Waals surface area contributed by atoms with E-state index >= 15 is 0 Å². The summed E-state index contributed by atoms with van der Waals surface area (Å²) in [5.41, 5.74) is 0.915. The number of carbonyl (C=O) groups is 3. The van der Waals surface area contributed by atoms with E-state index in [0.717, 1.165) is 24.6 Å². The molecule has 5 rings (SSSR count). The summed E-state index contributed by atoms with van der Waals surface area (Å²) in [5.74, 6) is -2.78. The van der Waals surface area contributed by atoms with Gasteiger partial charge >= 0.3 is 18.1 Å². The zero-order valence-corrected chi connectivity index (χ0v) is 19.6. The number of carbonyl (C=O) groups excluding carboxylic acids is 2. The molecule has 8 nitrogen and oxygen atoms in total. The van der Waals surface area contributed by atoms with Crippen molar-refractivity contribution in [3.05, 3.63) is 52.8 Å². The van der Waals surface area contributed by atoms with E-state index in [4.69, 9.17) is 5.11 Å². The minimum absolute atomic E-state index is 0.0509. The fraction of sp³-hybridized carbons (Fsp3) is 0.520. The summed E-state index contributed by atoms with van der Waals surface area (Å²) in [7, 11) is 0. The van der Waals surface area contributed by atoms with Crippen molar-refractivity contribution < 1.29 is 32.7 Å². The summed E-state index contributed by atoms with van der Waals surface area (Å²) in [6.07, 6.45) is 0.512. The summed E-state index contributed by atoms with van der Waals surface area (Å²) in [5, 5.41) is 13.5. The van der Waals surface area contributed by atoms with Gasteiger partial charge in [-0.2, -0.15) is 18.3 Å². The lowest BCUT2D eigenvalue weighted by molar-refractivity contribution is -0.156. The quantitative estimate of drug-likeness (QED) is 0.642. The second-order valence-electron chi connectivity index (χ2n) is 9.81. The third kappa shape index (κ3) is 4.58. The summed E-state index contributed by atoms with van der Waals surface area (Å²) < 4.78 is 42.4. The SMILES string of the molecule is O=C(O)C(=O)N1CCC(n2ncc(C(=O)N3CCC(c4ccccc4C(F)(F)F)C3)c2C2CC2)CC1. The maximum atomic E-state index is 13.5. The number of amides is 2. The fourth-order valence-electron chi connectivity index (χ4n) is 5.52. The van der Waals surface area contributed by atoms with Gasteiger partial charge in [-0.05, 0) is 43.7 Å². The van der Waals surface area contributed by atoms with Crippen LogP contribution in [0.3, 0.4) is 0 Å². The van der Waals surface area contributed by atoms with Crippen LogP contribution in [0.1, 0.15) is 77.2 Å². The van der Waals surface area contributed by atoms with Crippen molar-refractivity contribution in [2.75, 3.05) is 26.2 Å². The van der Waals surface area contributed by atoms with Crippen molar-refractivity contribution in [1.29, 1.82) is 0 Å². The Morgan fingerprint density at radius 3 is 2.22 bits per heavy atom. The molecule has 2 saturated heterocycles. The molecule has 3 fully saturated rings. The lowest BCUT2D eigenvalue weighted by atomic mass is 9.93. The van der Waals surface area contributed by atoms with E-state index in [9.17, 15) is 27.6 Å². The van der Waals surface area contributed by atoms with Crippen molar-refractivity contribution in [2.24, 2.45) is 0 Å². The van der Waals surface area contributed by atoms with E-state index < -0.39 is 23.6 Å². The molecule has 192 valence electrons. The van der Waals surface area contributed by atoms with Gasteiger partial charge in [0.2, 0.25) is 0 Å². The molecule has 2 aliphatic heterocycles. The maximum Gasteiger partial charge on any atom is 0.416 e. The van der Waals surface area contributed by atoms with Crippen molar-refractivity contribution in [2.45, 2.75) is 56.2 Å². The Bertz CT molecular complexity index is 1180. The fourth-order valence-corrected chi connectivity index (χ4v) is 5.52. The second-order valence-corrected chi connectivity index (χ2v) is 9.81. The molecule has 0 spiro atoms. The molecule has 0 radical (unpaired) electrons. The maximum absolute atomic E-state index is 13.5. The van der Waals surface area contributed by atoms with E-state index in [0.29, 0.717) is 44.5 Å². The first-order valence-corrected chi connectivity index (χ1v) is 12.2. The molecular weight excluding hydrogens is 477 g/mol. The van der Waals surface area contributed by atoms with Crippen molar-refractivity contribution in [1.82, 2.24) is 19.6 Å². The van der Waals surface area contributed by atoms with Crippen LogP contribution in [0.5, 0.6) is 0 Å². The van der Waals surface area contributed by atoms with Gasteiger partial charge in [0.25, 0.3) is 5.91 Å². The number of halogens is 3. The summed E-state index contributed by atoms with van der Waals surface area (Å²) in [6, 6.07) is 5.51. The first-order valence-electron chi connectivity index (χ1n) is 12.2. The number of likely N-dealkylation sites (tertiary alicyclic amines) is 2. The molecule has 1 atom stereocenters. The number of piperidine rings is 1. The van der Waals surface area contributed by atoms with Crippen LogP contribution >= 0.6 is 0 Å². The molecular formula is C25H27F3N4O4. The van der Waals surface area contributed by atoms with Crippen molar-refractivity contribution >= 4 is 17.8 Å². The van der Waals surface area contributed by atoms with Crippen LogP contribution in [0.4, 0.5) is 13.2 Å². The molecule has 2 aromatic rings. The second kappa shape index (κ2) is 9.25. The molecule has 1 aliphatic carbocycles. The number of aliphatic carboxylic acids is 1. The number of aromatic nitrogens is 2. The first kappa shape index (κ1) is 24.3.